The van der Waals surface area contributed by atoms with Gasteiger partial charge >= 0.3 is 0 Å². The van der Waals surface area contributed by atoms with Gasteiger partial charge in [-0.3, -0.25) is 4.79 Å². The second-order valence-corrected chi connectivity index (χ2v) is 6.29. The second-order valence-electron chi connectivity index (χ2n) is 4.25. The maximum absolute atomic E-state index is 11.4. The molecule has 1 saturated carbocycles. The highest BCUT2D eigenvalue weighted by Crippen LogP contribution is 2.31. The van der Waals surface area contributed by atoms with E-state index >= 15 is 0 Å². The molecule has 0 spiro atoms. The van der Waals surface area contributed by atoms with Crippen LogP contribution in [0.5, 0.6) is 0 Å². The molecular formula is C9H15NO3S. The van der Waals surface area contributed by atoms with Crippen LogP contribution in [0.3, 0.4) is 0 Å². The summed E-state index contributed by atoms with van der Waals surface area (Å²) in [7, 11) is -3.00. The molecule has 1 saturated heterocycles. The Hall–Kier alpha value is -0.420. The zero-order valence-corrected chi connectivity index (χ0v) is 9.09. The van der Waals surface area contributed by atoms with Gasteiger partial charge in [-0.25, -0.2) is 8.42 Å². The lowest BCUT2D eigenvalue weighted by Gasteiger charge is -2.41. The van der Waals surface area contributed by atoms with Crippen molar-refractivity contribution in [1.29, 1.82) is 0 Å². The summed E-state index contributed by atoms with van der Waals surface area (Å²) in [5.74, 6) is 0.780. The molecule has 5 heteroatoms. The highest BCUT2D eigenvalue weighted by molar-refractivity contribution is 7.90. The minimum absolute atomic E-state index is 0.0602. The number of rotatable bonds is 1. The molecule has 0 aromatic heterocycles. The first-order valence-corrected chi connectivity index (χ1v) is 6.63. The van der Waals surface area contributed by atoms with Crippen molar-refractivity contribution in [3.05, 3.63) is 0 Å². The van der Waals surface area contributed by atoms with Crippen LogP contribution in [-0.4, -0.2) is 36.8 Å². The van der Waals surface area contributed by atoms with Crippen molar-refractivity contribution in [3.8, 4) is 0 Å². The molecule has 14 heavy (non-hydrogen) atoms. The van der Waals surface area contributed by atoms with Gasteiger partial charge in [0.2, 0.25) is 10.0 Å². The molecule has 0 radical (unpaired) electrons. The summed E-state index contributed by atoms with van der Waals surface area (Å²) in [6.07, 6.45) is 1.86. The van der Waals surface area contributed by atoms with E-state index < -0.39 is 10.0 Å². The van der Waals surface area contributed by atoms with Crippen molar-refractivity contribution >= 4 is 15.8 Å². The van der Waals surface area contributed by atoms with Crippen LogP contribution < -0.4 is 0 Å². The number of ketones is 1. The predicted octanol–water partition coefficient (Wildman–Crippen LogP) is 0.390. The van der Waals surface area contributed by atoms with Crippen LogP contribution in [0.2, 0.25) is 0 Å². The number of carbonyl (C=O) groups excluding carboxylic acids is 1. The Morgan fingerprint density at radius 3 is 2.64 bits per heavy atom. The minimum Gasteiger partial charge on any atom is -0.300 e. The van der Waals surface area contributed by atoms with Gasteiger partial charge in [0.25, 0.3) is 0 Å². The van der Waals surface area contributed by atoms with Gasteiger partial charge in [0, 0.05) is 25.4 Å². The fourth-order valence-corrected chi connectivity index (χ4v) is 3.61. The average molecular weight is 217 g/mol. The summed E-state index contributed by atoms with van der Waals surface area (Å²) < 4.78 is 24.3. The third kappa shape index (κ3) is 1.59. The monoisotopic (exact) mass is 217 g/mol. The lowest BCUT2D eigenvalue weighted by Crippen LogP contribution is -2.56. The third-order valence-corrected chi connectivity index (χ3v) is 5.14. The fourth-order valence-electron chi connectivity index (χ4n) is 2.22. The zero-order chi connectivity index (χ0) is 10.3. The molecule has 0 bridgehead atoms. The van der Waals surface area contributed by atoms with E-state index in [1.165, 1.54) is 4.31 Å². The molecule has 2 rings (SSSR count). The van der Waals surface area contributed by atoms with Crippen LogP contribution in [0, 0.1) is 5.92 Å². The van der Waals surface area contributed by atoms with Crippen LogP contribution in [-0.2, 0) is 14.8 Å². The molecule has 0 amide bonds. The molecule has 1 aliphatic carbocycles. The standard InChI is InChI=1S/C9H15NO3S/c1-7-2-3-8(11)6-9(7)10-4-5-14(10,12)13/h7,9H,2-6H2,1H3. The predicted molar refractivity (Wildman–Crippen MR) is 52.3 cm³/mol. The summed E-state index contributed by atoms with van der Waals surface area (Å²) in [4.78, 5) is 11.3. The van der Waals surface area contributed by atoms with E-state index in [2.05, 4.69) is 0 Å². The third-order valence-electron chi connectivity index (χ3n) is 3.27. The number of nitrogens with zero attached hydrogens (tertiary/aromatic N) is 1. The van der Waals surface area contributed by atoms with Gasteiger partial charge in [0.15, 0.2) is 0 Å². The molecule has 4 nitrogen and oxygen atoms in total. The van der Waals surface area contributed by atoms with Gasteiger partial charge in [-0.15, -0.1) is 0 Å². The molecular weight excluding hydrogens is 202 g/mol. The Bertz CT molecular complexity index is 349. The van der Waals surface area contributed by atoms with E-state index in [0.717, 1.165) is 6.42 Å². The zero-order valence-electron chi connectivity index (χ0n) is 8.27. The number of carbonyl (C=O) groups is 1. The van der Waals surface area contributed by atoms with E-state index in [9.17, 15) is 13.2 Å². The summed E-state index contributed by atoms with van der Waals surface area (Å²) in [6.45, 7) is 2.63. The molecule has 1 aliphatic heterocycles. The Labute approximate surface area is 84.3 Å². The minimum atomic E-state index is -3.00. The Morgan fingerprint density at radius 2 is 2.14 bits per heavy atom. The van der Waals surface area contributed by atoms with E-state index in [4.69, 9.17) is 0 Å². The maximum atomic E-state index is 11.4. The van der Waals surface area contributed by atoms with E-state index in [-0.39, 0.29) is 17.6 Å². The summed E-state index contributed by atoms with van der Waals surface area (Å²) in [5, 5.41) is 0. The molecule has 2 fully saturated rings. The van der Waals surface area contributed by atoms with Crippen molar-refractivity contribution in [2.75, 3.05) is 12.3 Å². The van der Waals surface area contributed by atoms with Crippen molar-refractivity contribution in [2.24, 2.45) is 5.92 Å². The van der Waals surface area contributed by atoms with Crippen LogP contribution in [0.15, 0.2) is 0 Å². The number of sulfonamides is 1. The van der Waals surface area contributed by atoms with Crippen LogP contribution >= 0.6 is 0 Å². The summed E-state index contributed by atoms with van der Waals surface area (Å²) >= 11 is 0. The quantitative estimate of drug-likeness (QED) is 0.638. The van der Waals surface area contributed by atoms with Crippen LogP contribution in [0.4, 0.5) is 0 Å². The highest BCUT2D eigenvalue weighted by Gasteiger charge is 2.42. The SMILES string of the molecule is CC1CCC(=O)CC1N1CCS1(=O)=O. The van der Waals surface area contributed by atoms with Gasteiger partial charge in [-0.2, -0.15) is 4.31 Å². The topological polar surface area (TPSA) is 54.5 Å². The molecule has 0 aromatic carbocycles. The molecule has 2 aliphatic rings. The van der Waals surface area contributed by atoms with Gasteiger partial charge in [0.1, 0.15) is 5.78 Å². The fraction of sp³-hybridized carbons (Fsp3) is 0.889. The smallest absolute Gasteiger partial charge is 0.215 e. The van der Waals surface area contributed by atoms with Crippen molar-refractivity contribution in [1.82, 2.24) is 4.31 Å². The molecule has 0 N–H and O–H groups in total. The first kappa shape index (κ1) is 10.1. The molecule has 2 atom stereocenters. The lowest BCUT2D eigenvalue weighted by atomic mass is 9.85. The van der Waals surface area contributed by atoms with Crippen molar-refractivity contribution in [2.45, 2.75) is 32.2 Å². The number of hydrogen-bond acceptors (Lipinski definition) is 3. The van der Waals surface area contributed by atoms with E-state index in [1.54, 1.807) is 0 Å². The maximum Gasteiger partial charge on any atom is 0.215 e. The van der Waals surface area contributed by atoms with E-state index in [0.29, 0.717) is 25.3 Å². The molecule has 80 valence electrons. The first-order valence-electron chi connectivity index (χ1n) is 5.02. The van der Waals surface area contributed by atoms with Gasteiger partial charge in [-0.1, -0.05) is 6.92 Å². The van der Waals surface area contributed by atoms with Gasteiger partial charge in [-0.05, 0) is 12.3 Å². The first-order chi connectivity index (χ1) is 6.50. The largest absolute Gasteiger partial charge is 0.300 e. The molecule has 0 aromatic rings. The summed E-state index contributed by atoms with van der Waals surface area (Å²) in [5.41, 5.74) is 0. The Balaban J connectivity index is 2.13. The lowest BCUT2D eigenvalue weighted by molar-refractivity contribution is -0.122. The van der Waals surface area contributed by atoms with Crippen LogP contribution in [0.1, 0.15) is 26.2 Å². The Morgan fingerprint density at radius 1 is 1.43 bits per heavy atom. The summed E-state index contributed by atoms with van der Waals surface area (Å²) in [6, 6.07) is -0.0602. The number of Topliss-reactive ketones (excluding diaryl/α,β-unsaturated/α-hetero) is 1. The average Bonchev–Trinajstić information content (AvgIpc) is 2.10. The van der Waals surface area contributed by atoms with Gasteiger partial charge in [0.05, 0.1) is 5.75 Å². The highest BCUT2D eigenvalue weighted by atomic mass is 32.2. The Kier molecular flexibility index (Phi) is 2.39. The van der Waals surface area contributed by atoms with E-state index in [1.807, 2.05) is 6.92 Å². The van der Waals surface area contributed by atoms with Crippen molar-refractivity contribution in [3.63, 3.8) is 0 Å². The second kappa shape index (κ2) is 3.31. The number of hydrogen-bond donors (Lipinski definition) is 0. The van der Waals surface area contributed by atoms with Gasteiger partial charge < -0.3 is 0 Å². The van der Waals surface area contributed by atoms with Crippen LogP contribution in [0.25, 0.3) is 0 Å². The normalized spacial score (nSPS) is 37.9. The molecule has 2 unspecified atom stereocenters. The molecule has 1 heterocycles. The van der Waals surface area contributed by atoms with Crippen molar-refractivity contribution < 1.29 is 13.2 Å².